The SMILES string of the molecule is CC1CCC(n2ncc3nc(-n4cc(C(=O)O)cn4)[nH]c(=O)c32)CC1. The van der Waals surface area contributed by atoms with Crippen molar-refractivity contribution in [3.63, 3.8) is 0 Å². The van der Waals surface area contributed by atoms with E-state index in [1.807, 2.05) is 0 Å². The van der Waals surface area contributed by atoms with E-state index in [0.717, 1.165) is 25.7 Å². The van der Waals surface area contributed by atoms with Gasteiger partial charge in [0.1, 0.15) is 5.52 Å². The predicted molar refractivity (Wildman–Crippen MR) is 88.9 cm³/mol. The van der Waals surface area contributed by atoms with E-state index in [1.165, 1.54) is 17.1 Å². The molecule has 3 aromatic rings. The van der Waals surface area contributed by atoms with Gasteiger partial charge in [-0.2, -0.15) is 10.2 Å². The molecule has 9 heteroatoms. The lowest BCUT2D eigenvalue weighted by atomic mass is 9.87. The van der Waals surface area contributed by atoms with Crippen molar-refractivity contribution in [1.29, 1.82) is 0 Å². The van der Waals surface area contributed by atoms with Crippen LogP contribution in [0, 0.1) is 5.92 Å². The van der Waals surface area contributed by atoms with Crippen molar-refractivity contribution in [3.8, 4) is 5.95 Å². The van der Waals surface area contributed by atoms with Crippen LogP contribution in [0.15, 0.2) is 23.4 Å². The molecule has 0 aromatic carbocycles. The normalized spacial score (nSPS) is 20.8. The second kappa shape index (κ2) is 5.83. The van der Waals surface area contributed by atoms with Gasteiger partial charge in [0.15, 0.2) is 5.52 Å². The van der Waals surface area contributed by atoms with Crippen molar-refractivity contribution in [2.24, 2.45) is 5.92 Å². The number of carboxylic acids is 1. The summed E-state index contributed by atoms with van der Waals surface area (Å²) in [5.41, 5.74) is 0.650. The van der Waals surface area contributed by atoms with E-state index >= 15 is 0 Å². The van der Waals surface area contributed by atoms with Gasteiger partial charge in [-0.25, -0.2) is 14.5 Å². The largest absolute Gasteiger partial charge is 0.478 e. The molecule has 2 N–H and O–H groups in total. The first-order chi connectivity index (χ1) is 12.0. The zero-order valence-corrected chi connectivity index (χ0v) is 13.7. The van der Waals surface area contributed by atoms with Gasteiger partial charge < -0.3 is 5.11 Å². The summed E-state index contributed by atoms with van der Waals surface area (Å²) in [6, 6.07) is 0.214. The topological polar surface area (TPSA) is 119 Å². The van der Waals surface area contributed by atoms with Crippen LogP contribution in [0.2, 0.25) is 0 Å². The van der Waals surface area contributed by atoms with Gasteiger partial charge in [-0.05, 0) is 31.6 Å². The highest BCUT2D eigenvalue weighted by molar-refractivity contribution is 5.87. The number of nitrogens with zero attached hydrogens (tertiary/aromatic N) is 5. The molecule has 0 bridgehead atoms. The monoisotopic (exact) mass is 342 g/mol. The summed E-state index contributed by atoms with van der Waals surface area (Å²) in [6.45, 7) is 2.24. The minimum Gasteiger partial charge on any atom is -0.478 e. The molecule has 9 nitrogen and oxygen atoms in total. The van der Waals surface area contributed by atoms with Gasteiger partial charge in [0.05, 0.1) is 24.0 Å². The molecular formula is C16H18N6O3. The molecule has 1 saturated carbocycles. The molecule has 1 aliphatic carbocycles. The molecule has 4 rings (SSSR count). The second-order valence-corrected chi connectivity index (χ2v) is 6.60. The Balaban J connectivity index is 1.74. The maximum absolute atomic E-state index is 12.6. The van der Waals surface area contributed by atoms with E-state index in [-0.39, 0.29) is 23.1 Å². The Kier molecular flexibility index (Phi) is 3.63. The Labute approximate surface area is 142 Å². The number of hydrogen-bond acceptors (Lipinski definition) is 5. The van der Waals surface area contributed by atoms with Crippen LogP contribution >= 0.6 is 0 Å². The van der Waals surface area contributed by atoms with Crippen LogP contribution in [-0.2, 0) is 0 Å². The van der Waals surface area contributed by atoms with Crippen molar-refractivity contribution in [2.75, 3.05) is 0 Å². The Morgan fingerprint density at radius 1 is 1.24 bits per heavy atom. The summed E-state index contributed by atoms with van der Waals surface area (Å²) < 4.78 is 3.02. The lowest BCUT2D eigenvalue weighted by molar-refractivity contribution is 0.0697. The molecule has 130 valence electrons. The minimum absolute atomic E-state index is 0.0229. The van der Waals surface area contributed by atoms with Crippen LogP contribution in [0.4, 0.5) is 0 Å². The summed E-state index contributed by atoms with van der Waals surface area (Å²) in [5.74, 6) is -0.208. The number of aromatic nitrogens is 6. The molecule has 1 fully saturated rings. The molecule has 0 radical (unpaired) electrons. The highest BCUT2D eigenvalue weighted by Gasteiger charge is 2.23. The molecule has 0 atom stereocenters. The van der Waals surface area contributed by atoms with E-state index in [2.05, 4.69) is 27.1 Å². The molecule has 0 amide bonds. The molecule has 0 aliphatic heterocycles. The fourth-order valence-electron chi connectivity index (χ4n) is 3.38. The number of aromatic carboxylic acids is 1. The van der Waals surface area contributed by atoms with E-state index in [4.69, 9.17) is 5.11 Å². The zero-order chi connectivity index (χ0) is 17.6. The third kappa shape index (κ3) is 2.71. The molecule has 1 aliphatic rings. The maximum Gasteiger partial charge on any atom is 0.338 e. The van der Waals surface area contributed by atoms with Crippen molar-refractivity contribution in [1.82, 2.24) is 29.5 Å². The van der Waals surface area contributed by atoms with Crippen LogP contribution in [0.5, 0.6) is 0 Å². The van der Waals surface area contributed by atoms with Crippen LogP contribution in [-0.4, -0.2) is 40.6 Å². The molecule has 3 aromatic heterocycles. The number of fused-ring (bicyclic) bond motifs is 1. The van der Waals surface area contributed by atoms with E-state index < -0.39 is 5.97 Å². The number of carbonyl (C=O) groups is 1. The standard InChI is InChI=1S/C16H18N6O3/c1-9-2-4-11(5-3-9)22-13-12(7-18-22)19-16(20-14(13)23)21-8-10(6-17-21)15(24)25/h6-9,11H,2-5H2,1H3,(H,24,25)(H,19,20,23). The molecule has 3 heterocycles. The van der Waals surface area contributed by atoms with Gasteiger partial charge >= 0.3 is 5.97 Å². The smallest absolute Gasteiger partial charge is 0.338 e. The quantitative estimate of drug-likeness (QED) is 0.748. The number of H-pyrrole nitrogens is 1. The maximum atomic E-state index is 12.6. The minimum atomic E-state index is -1.09. The Hall–Kier alpha value is -2.97. The van der Waals surface area contributed by atoms with Crippen molar-refractivity contribution < 1.29 is 9.90 Å². The zero-order valence-electron chi connectivity index (χ0n) is 13.7. The number of aromatic amines is 1. The van der Waals surface area contributed by atoms with E-state index in [9.17, 15) is 9.59 Å². The number of hydrogen-bond donors (Lipinski definition) is 2. The Morgan fingerprint density at radius 2 is 2.00 bits per heavy atom. The predicted octanol–water partition coefficient (Wildman–Crippen LogP) is 1.75. The Bertz CT molecular complexity index is 993. The third-order valence-electron chi connectivity index (χ3n) is 4.82. The van der Waals surface area contributed by atoms with Gasteiger partial charge in [0, 0.05) is 6.20 Å². The first kappa shape index (κ1) is 15.6. The van der Waals surface area contributed by atoms with Crippen molar-refractivity contribution in [2.45, 2.75) is 38.6 Å². The van der Waals surface area contributed by atoms with Gasteiger partial charge in [0.25, 0.3) is 5.56 Å². The first-order valence-corrected chi connectivity index (χ1v) is 8.29. The highest BCUT2D eigenvalue weighted by atomic mass is 16.4. The summed E-state index contributed by atoms with van der Waals surface area (Å²) in [4.78, 5) is 30.6. The molecule has 25 heavy (non-hydrogen) atoms. The third-order valence-corrected chi connectivity index (χ3v) is 4.82. The van der Waals surface area contributed by atoms with Crippen molar-refractivity contribution >= 4 is 17.0 Å². The molecule has 0 saturated heterocycles. The van der Waals surface area contributed by atoms with Crippen LogP contribution in [0.1, 0.15) is 49.0 Å². The number of rotatable bonds is 3. The summed E-state index contributed by atoms with van der Waals surface area (Å²) in [7, 11) is 0. The highest BCUT2D eigenvalue weighted by Crippen LogP contribution is 2.32. The van der Waals surface area contributed by atoms with Crippen LogP contribution in [0.25, 0.3) is 17.0 Å². The van der Waals surface area contributed by atoms with Crippen molar-refractivity contribution in [3.05, 3.63) is 34.5 Å². The van der Waals surface area contributed by atoms with Crippen LogP contribution < -0.4 is 5.56 Å². The van der Waals surface area contributed by atoms with Gasteiger partial charge in [0.2, 0.25) is 5.95 Å². The molecule has 0 spiro atoms. The fourth-order valence-corrected chi connectivity index (χ4v) is 3.38. The summed E-state index contributed by atoms with van der Waals surface area (Å²) >= 11 is 0. The first-order valence-electron chi connectivity index (χ1n) is 8.29. The number of nitrogens with one attached hydrogen (secondary N) is 1. The summed E-state index contributed by atoms with van der Waals surface area (Å²) in [6.07, 6.45) is 8.34. The van der Waals surface area contributed by atoms with Crippen LogP contribution in [0.3, 0.4) is 0 Å². The van der Waals surface area contributed by atoms with E-state index in [1.54, 1.807) is 10.9 Å². The van der Waals surface area contributed by atoms with Gasteiger partial charge in [-0.1, -0.05) is 6.92 Å². The average Bonchev–Trinajstić information content (AvgIpc) is 3.22. The fraction of sp³-hybridized carbons (Fsp3) is 0.438. The Morgan fingerprint density at radius 3 is 2.68 bits per heavy atom. The molecular weight excluding hydrogens is 324 g/mol. The van der Waals surface area contributed by atoms with Gasteiger partial charge in [-0.15, -0.1) is 0 Å². The number of carboxylic acid groups (broad SMARTS) is 1. The molecule has 0 unspecified atom stereocenters. The average molecular weight is 342 g/mol. The lowest BCUT2D eigenvalue weighted by Gasteiger charge is -2.26. The van der Waals surface area contributed by atoms with E-state index in [0.29, 0.717) is 17.0 Å². The summed E-state index contributed by atoms with van der Waals surface area (Å²) in [5, 5.41) is 17.3. The van der Waals surface area contributed by atoms with Gasteiger partial charge in [-0.3, -0.25) is 14.5 Å². The second-order valence-electron chi connectivity index (χ2n) is 6.60. The lowest BCUT2D eigenvalue weighted by Crippen LogP contribution is -2.22.